The van der Waals surface area contributed by atoms with Crippen molar-refractivity contribution in [2.45, 2.75) is 141 Å². The molecular weight excluding hydrogens is 1200 g/mol. The number of carbonyl (C=O) groups is 9. The highest BCUT2D eigenvalue weighted by Crippen LogP contribution is 2.49. The number of anilines is 3. The Morgan fingerprint density at radius 2 is 1.64 bits per heavy atom. The summed E-state index contributed by atoms with van der Waals surface area (Å²) >= 11 is 12.3. The van der Waals surface area contributed by atoms with Crippen molar-refractivity contribution in [2.75, 3.05) is 76.3 Å². The molecule has 28 nitrogen and oxygen atoms in total. The maximum atomic E-state index is 14.5. The van der Waals surface area contributed by atoms with Gasteiger partial charge in [-0.15, -0.1) is 5.06 Å². The lowest BCUT2D eigenvalue weighted by atomic mass is 9.83. The number of aliphatic hydroxyl groups is 1. The molecule has 3 fully saturated rings. The van der Waals surface area contributed by atoms with E-state index in [-0.39, 0.29) is 99.8 Å². The number of benzene rings is 2. The Morgan fingerprint density at radius 1 is 0.933 bits per heavy atom. The quantitative estimate of drug-likeness (QED) is 0.0309. The molecule has 3 saturated heterocycles. The van der Waals surface area contributed by atoms with Gasteiger partial charge in [-0.05, 0) is 99.6 Å². The van der Waals surface area contributed by atoms with E-state index in [1.807, 2.05) is 13.0 Å². The zero-order valence-electron chi connectivity index (χ0n) is 51.3. The number of nitrogens with one attached hydrogen (secondary N) is 7. The third-order valence-corrected chi connectivity index (χ3v) is 16.0. The predicted octanol–water partition coefficient (Wildman–Crippen LogP) is 4.07. The van der Waals surface area contributed by atoms with E-state index in [0.29, 0.717) is 34.2 Å². The number of imide groups is 1. The van der Waals surface area contributed by atoms with Crippen LogP contribution < -0.4 is 52.6 Å². The van der Waals surface area contributed by atoms with Gasteiger partial charge < -0.3 is 80.3 Å². The second-order valence-corrected chi connectivity index (χ2v) is 23.3. The number of alkyl carbamates (subject to hydrolysis) is 1. The standard InChI is InChI=1S/C59H81ClN10O18S/c1-32(2)50(67-55(89)63-21-23-84-25-24-83-22-19-48(74)88-70-45(71)17-18-46(70)72)53(76)65-39(13-11-20-62-54(61)77)52(75)64-37-15-16-38(34(4)27-37)66-56(78)86-44-30-47(73)69(7)40-28-36(29-41(81-8)49(40)60)26-33(3)12-10-14-43(82-9)59(80)31-42(85-57(79)68-59)35(5)51-58(44,6)87-51/h10,12,14-16,27-29,32,35,39,42-44,50-51,80H,11,13,17-26,30-31H2,1-9H3,(H,64,75)(H,65,76)(H,66,78)(H,68,79)(H3,61,62,77)(H2,63,67,89)/b14-10+,33-12+/t35-,39+,42+,43-,44+,50+,51+,58+,59+/m1/s1. The number of nitrogens with zero attached hydrogens (tertiary/aromatic N) is 2. The topological polar surface area (TPSA) is 368 Å². The van der Waals surface area contributed by atoms with Crippen LogP contribution in [0.2, 0.25) is 5.02 Å². The van der Waals surface area contributed by atoms with E-state index in [1.165, 1.54) is 38.3 Å². The number of allylic oxidation sites excluding steroid dienone is 3. The molecule has 2 aromatic rings. The van der Waals surface area contributed by atoms with E-state index >= 15 is 0 Å². The summed E-state index contributed by atoms with van der Waals surface area (Å²) in [7, 11) is 4.40. The molecule has 0 spiro atoms. The number of rotatable bonds is 24. The number of hydroxylamine groups is 2. The van der Waals surface area contributed by atoms with Gasteiger partial charge >= 0.3 is 24.2 Å². The lowest BCUT2D eigenvalue weighted by molar-refractivity contribution is -0.198. The van der Waals surface area contributed by atoms with Gasteiger partial charge in [0.25, 0.3) is 11.8 Å². The highest BCUT2D eigenvalue weighted by molar-refractivity contribution is 7.80. The number of hydrogen-bond acceptors (Lipinski definition) is 19. The molecule has 89 heavy (non-hydrogen) atoms. The number of hydrogen-bond donors (Lipinski definition) is 9. The van der Waals surface area contributed by atoms with Gasteiger partial charge in [0.15, 0.2) is 10.8 Å². The number of ether oxygens (including phenoxy) is 7. The van der Waals surface area contributed by atoms with Crippen molar-refractivity contribution >= 4 is 99.7 Å². The average molecular weight is 1290 g/mol. The fourth-order valence-corrected chi connectivity index (χ4v) is 10.8. The Hall–Kier alpha value is -7.67. The van der Waals surface area contributed by atoms with Gasteiger partial charge in [-0.1, -0.05) is 56.2 Å². The minimum Gasteiger partial charge on any atom is -0.495 e. The Kier molecular flexibility index (Phi) is 25.5. The van der Waals surface area contributed by atoms with Crippen LogP contribution in [0.1, 0.15) is 90.7 Å². The van der Waals surface area contributed by atoms with Gasteiger partial charge in [0.1, 0.15) is 46.8 Å². The minimum absolute atomic E-state index is 0.00892. The molecule has 4 bridgehead atoms. The third-order valence-electron chi connectivity index (χ3n) is 15.3. The number of nitrogens with two attached hydrogens (primary N) is 1. The Bertz CT molecular complexity index is 3010. The molecular formula is C59H81ClN10O18S. The van der Waals surface area contributed by atoms with Crippen LogP contribution in [0.15, 0.2) is 54.1 Å². The zero-order valence-corrected chi connectivity index (χ0v) is 52.9. The number of epoxide rings is 1. The number of amides is 9. The SMILES string of the molecule is COc1cc2cc(c1Cl)N(C)C(=O)C[C@H](OC(=O)Nc1ccc(NC(=O)[C@H](CCCNC(N)=O)NC(=O)[C@@H](NC(=S)NCCOCCOCCC(=O)ON3C(=O)CCC3=O)C(C)C)cc1C)[C@]1(C)O[C@H]1[C@H](C)[C@@H]1C[C@@](O)(NC(=O)O1)[C@H](OC)/C=C/C=C(\C)C2. The number of primary amides is 1. The van der Waals surface area contributed by atoms with Crippen molar-refractivity contribution in [2.24, 2.45) is 17.6 Å². The van der Waals surface area contributed by atoms with Crippen LogP contribution in [0, 0.1) is 18.8 Å². The Balaban J connectivity index is 1.09. The number of fused-ring (bicyclic) bond motifs is 5. The molecule has 4 aliphatic rings. The van der Waals surface area contributed by atoms with E-state index in [4.69, 9.17) is 67.5 Å². The molecule has 2 aromatic carbocycles. The van der Waals surface area contributed by atoms with Crippen LogP contribution in [0.25, 0.3) is 0 Å². The molecule has 9 atom stereocenters. The normalized spacial score (nSPS) is 24.3. The fourth-order valence-electron chi connectivity index (χ4n) is 10.3. The van der Waals surface area contributed by atoms with Crippen molar-refractivity contribution < 1.29 is 86.3 Å². The fraction of sp³-hybridized carbons (Fsp3) is 0.559. The van der Waals surface area contributed by atoms with Crippen LogP contribution in [0.4, 0.5) is 31.4 Å². The van der Waals surface area contributed by atoms with Crippen LogP contribution in [0.3, 0.4) is 0 Å². The molecule has 4 aliphatic heterocycles. The number of aryl methyl sites for hydroxylation is 1. The van der Waals surface area contributed by atoms with Crippen molar-refractivity contribution in [3.05, 3.63) is 70.3 Å². The minimum atomic E-state index is -1.90. The van der Waals surface area contributed by atoms with Gasteiger partial charge in [-0.2, -0.15) is 0 Å². The molecule has 9 amide bonds. The number of carbonyl (C=O) groups excluding carboxylic acids is 9. The molecule has 0 aromatic heterocycles. The average Bonchev–Trinajstić information content (AvgIpc) is 1.59. The van der Waals surface area contributed by atoms with E-state index < -0.39 is 114 Å². The van der Waals surface area contributed by atoms with E-state index in [1.54, 1.807) is 65.0 Å². The molecule has 30 heteroatoms. The summed E-state index contributed by atoms with van der Waals surface area (Å²) in [6.45, 7) is 11.4. The first-order valence-electron chi connectivity index (χ1n) is 29.0. The van der Waals surface area contributed by atoms with Crippen molar-refractivity contribution in [3.63, 3.8) is 0 Å². The summed E-state index contributed by atoms with van der Waals surface area (Å²) in [5, 5.41) is 32.0. The molecule has 6 rings (SSSR count). The second kappa shape index (κ2) is 32.2. The van der Waals surface area contributed by atoms with Gasteiger partial charge in [0.2, 0.25) is 17.7 Å². The van der Waals surface area contributed by atoms with Crippen LogP contribution >= 0.6 is 23.8 Å². The van der Waals surface area contributed by atoms with Gasteiger partial charge in [-0.25, -0.2) is 19.2 Å². The maximum absolute atomic E-state index is 14.5. The van der Waals surface area contributed by atoms with Crippen molar-refractivity contribution in [1.82, 2.24) is 31.6 Å². The summed E-state index contributed by atoms with van der Waals surface area (Å²) in [6.07, 6.45) is -0.654. The number of thiocarbonyl (C=S) groups is 1. The molecule has 0 radical (unpaired) electrons. The smallest absolute Gasteiger partial charge is 0.412 e. The van der Waals surface area contributed by atoms with Crippen molar-refractivity contribution in [3.8, 4) is 5.75 Å². The van der Waals surface area contributed by atoms with Gasteiger partial charge in [0, 0.05) is 63.8 Å². The lowest BCUT2D eigenvalue weighted by Crippen LogP contribution is -2.63. The van der Waals surface area contributed by atoms with Gasteiger partial charge in [-0.3, -0.25) is 34.6 Å². The number of urea groups is 1. The Morgan fingerprint density at radius 3 is 2.30 bits per heavy atom. The molecule has 488 valence electrons. The van der Waals surface area contributed by atoms with Crippen LogP contribution in [-0.4, -0.2) is 178 Å². The molecule has 0 saturated carbocycles. The summed E-state index contributed by atoms with van der Waals surface area (Å²) in [4.78, 5) is 122. The summed E-state index contributed by atoms with van der Waals surface area (Å²) in [5.74, 6) is -4.23. The predicted molar refractivity (Wildman–Crippen MR) is 327 cm³/mol. The highest BCUT2D eigenvalue weighted by atomic mass is 35.5. The first kappa shape index (κ1) is 70.4. The monoisotopic (exact) mass is 1280 g/mol. The third kappa shape index (κ3) is 19.7. The summed E-state index contributed by atoms with van der Waals surface area (Å²) in [6, 6.07) is 5.34. The summed E-state index contributed by atoms with van der Waals surface area (Å²) < 4.78 is 40.4. The Labute approximate surface area is 526 Å². The maximum Gasteiger partial charge on any atom is 0.412 e. The lowest BCUT2D eigenvalue weighted by Gasteiger charge is -2.42. The van der Waals surface area contributed by atoms with Crippen LogP contribution in [-0.2, 0) is 68.4 Å². The van der Waals surface area contributed by atoms with E-state index in [0.717, 1.165) is 11.1 Å². The first-order chi connectivity index (χ1) is 42.2. The molecule has 0 unspecified atom stereocenters. The number of methoxy groups -OCH3 is 2. The van der Waals surface area contributed by atoms with Gasteiger partial charge in [0.05, 0.1) is 58.2 Å². The molecule has 0 aliphatic carbocycles. The van der Waals surface area contributed by atoms with Crippen LogP contribution in [0.5, 0.6) is 5.75 Å². The summed E-state index contributed by atoms with van der Waals surface area (Å²) in [5.41, 5.74) is 5.03. The molecule has 4 heterocycles. The van der Waals surface area contributed by atoms with Crippen molar-refractivity contribution in [1.29, 1.82) is 0 Å². The van der Waals surface area contributed by atoms with E-state index in [9.17, 15) is 48.3 Å². The second-order valence-electron chi connectivity index (χ2n) is 22.5. The largest absolute Gasteiger partial charge is 0.495 e. The molecule has 10 N–H and O–H groups in total. The zero-order chi connectivity index (χ0) is 65.3. The van der Waals surface area contributed by atoms with E-state index in [2.05, 4.69) is 37.2 Å². The highest BCUT2D eigenvalue weighted by Gasteiger charge is 2.64. The number of halogens is 1. The first-order valence-corrected chi connectivity index (χ1v) is 29.8.